The van der Waals surface area contributed by atoms with Crippen LogP contribution in [-0.2, 0) is 77.8 Å². The molecule has 0 N–H and O–H groups in total. The van der Waals surface area contributed by atoms with Gasteiger partial charge >= 0.3 is 0 Å². The second-order valence-electron chi connectivity index (χ2n) is 9.47. The van der Waals surface area contributed by atoms with Gasteiger partial charge in [-0.15, -0.1) is 0 Å². The number of aryl methyl sites for hydroxylation is 4. The van der Waals surface area contributed by atoms with Crippen LogP contribution >= 0.6 is 0 Å². The molecule has 0 heterocycles. The fraction of sp³-hybridized carbons (Fsp3) is 0.385. The van der Waals surface area contributed by atoms with Crippen molar-refractivity contribution in [2.45, 2.75) is 66.2 Å². The first kappa shape index (κ1) is 26.5. The van der Waals surface area contributed by atoms with Crippen LogP contribution in [0.1, 0.15) is 72.2 Å². The van der Waals surface area contributed by atoms with Gasteiger partial charge in [0.05, 0.1) is 0 Å². The normalized spacial score (nSPS) is 17.5. The molecule has 0 saturated carbocycles. The van der Waals surface area contributed by atoms with Crippen molar-refractivity contribution >= 4 is 60.3 Å². The molecule has 0 saturated heterocycles. The Morgan fingerprint density at radius 3 is 1.03 bits per heavy atom. The molecular formula is C26H28NiS4-4. The molecule has 5 heteroatoms. The maximum atomic E-state index is 5.46. The Labute approximate surface area is 220 Å². The van der Waals surface area contributed by atoms with Gasteiger partial charge in [-0.2, -0.15) is 9.81 Å². The summed E-state index contributed by atoms with van der Waals surface area (Å²) in [5, 5.41) is 0. The molecule has 2 aliphatic carbocycles. The summed E-state index contributed by atoms with van der Waals surface area (Å²) in [5.41, 5.74) is 10.0. The SMILES string of the molecule is Cc1ccc(C)c2c1C([S-])=C([S-])C2(C)C.Cc1ccc(C)c2c1C([S-])=C([S-])C2(C)C.[Ni]. The van der Waals surface area contributed by atoms with Crippen molar-refractivity contribution in [3.63, 3.8) is 0 Å². The van der Waals surface area contributed by atoms with Crippen LogP contribution in [0.25, 0.3) is 9.81 Å². The first-order valence-corrected chi connectivity index (χ1v) is 11.8. The maximum absolute atomic E-state index is 5.46. The number of rotatable bonds is 0. The van der Waals surface area contributed by atoms with E-state index >= 15 is 0 Å². The van der Waals surface area contributed by atoms with Crippen molar-refractivity contribution in [2.24, 2.45) is 0 Å². The van der Waals surface area contributed by atoms with E-state index in [2.05, 4.69) is 79.7 Å². The fourth-order valence-electron chi connectivity index (χ4n) is 4.84. The van der Waals surface area contributed by atoms with Gasteiger partial charge in [0, 0.05) is 16.5 Å². The van der Waals surface area contributed by atoms with Gasteiger partial charge in [0.25, 0.3) is 0 Å². The Morgan fingerprint density at radius 1 is 0.516 bits per heavy atom. The Bertz CT molecular complexity index is 1030. The van der Waals surface area contributed by atoms with Gasteiger partial charge < -0.3 is 50.5 Å². The summed E-state index contributed by atoms with van der Waals surface area (Å²) in [5.74, 6) is 0. The van der Waals surface area contributed by atoms with E-state index in [9.17, 15) is 0 Å². The Hall–Kier alpha value is -0.706. The number of fused-ring (bicyclic) bond motifs is 2. The van der Waals surface area contributed by atoms with Crippen molar-refractivity contribution in [3.8, 4) is 0 Å². The number of benzene rings is 2. The van der Waals surface area contributed by atoms with Crippen molar-refractivity contribution < 1.29 is 16.5 Å². The molecule has 0 unspecified atom stereocenters. The second-order valence-corrected chi connectivity index (χ2v) is 11.1. The zero-order chi connectivity index (χ0) is 22.8. The standard InChI is InChI=1S/2C13H16S2.Ni/c2*1-7-5-6-8(2)10-9(7)11(14)12(15)13(10,3)4;/h2*5-6,14-15H,1-4H3;/p-4. The number of hydrogen-bond acceptors (Lipinski definition) is 4. The molecule has 0 bridgehead atoms. The monoisotopic (exact) mass is 526 g/mol. The summed E-state index contributed by atoms with van der Waals surface area (Å²) in [7, 11) is 0. The molecule has 4 rings (SSSR count). The minimum atomic E-state index is -0.0716. The first-order chi connectivity index (χ1) is 13.7. The smallest absolute Gasteiger partial charge is 0 e. The van der Waals surface area contributed by atoms with Crippen molar-refractivity contribution in [1.29, 1.82) is 0 Å². The Kier molecular flexibility index (Phi) is 7.63. The average molecular weight is 527 g/mol. The molecule has 0 aromatic heterocycles. The van der Waals surface area contributed by atoms with Crippen molar-refractivity contribution in [1.82, 2.24) is 0 Å². The fourth-order valence-corrected chi connectivity index (χ4v) is 6.28. The first-order valence-electron chi connectivity index (χ1n) is 10.1. The molecule has 170 valence electrons. The van der Waals surface area contributed by atoms with Crippen LogP contribution in [-0.4, -0.2) is 0 Å². The van der Waals surface area contributed by atoms with Crippen LogP contribution in [0.4, 0.5) is 0 Å². The predicted octanol–water partition coefficient (Wildman–Crippen LogP) is 6.71. The van der Waals surface area contributed by atoms with E-state index in [0.717, 1.165) is 19.6 Å². The van der Waals surface area contributed by atoms with Gasteiger partial charge in [-0.1, -0.05) is 52.0 Å². The minimum absolute atomic E-state index is 0. The van der Waals surface area contributed by atoms with E-state index in [0.29, 0.717) is 0 Å². The quantitative estimate of drug-likeness (QED) is 0.276. The molecular weight excluding hydrogens is 499 g/mol. The van der Waals surface area contributed by atoms with Crippen LogP contribution < -0.4 is 0 Å². The molecule has 0 nitrogen and oxygen atoms in total. The molecule has 0 aliphatic heterocycles. The minimum Gasteiger partial charge on any atom is -0.784 e. The Balaban J connectivity index is 0.000000213. The van der Waals surface area contributed by atoms with E-state index in [-0.39, 0.29) is 27.3 Å². The van der Waals surface area contributed by atoms with E-state index in [4.69, 9.17) is 50.5 Å². The summed E-state index contributed by atoms with van der Waals surface area (Å²) in [6.07, 6.45) is 0. The summed E-state index contributed by atoms with van der Waals surface area (Å²) in [4.78, 5) is 3.60. The van der Waals surface area contributed by atoms with E-state index < -0.39 is 0 Å². The van der Waals surface area contributed by atoms with Crippen LogP contribution in [0.3, 0.4) is 0 Å². The van der Waals surface area contributed by atoms with Gasteiger partial charge in [0.15, 0.2) is 0 Å². The molecule has 31 heavy (non-hydrogen) atoms. The zero-order valence-electron chi connectivity index (χ0n) is 19.3. The summed E-state index contributed by atoms with van der Waals surface area (Å²) in [6, 6.07) is 8.58. The molecule has 0 fully saturated rings. The third kappa shape index (κ3) is 4.06. The van der Waals surface area contributed by atoms with Gasteiger partial charge in [-0.3, -0.25) is 0 Å². The second kappa shape index (κ2) is 8.91. The van der Waals surface area contributed by atoms with Crippen molar-refractivity contribution in [2.75, 3.05) is 0 Å². The molecule has 0 amide bonds. The van der Waals surface area contributed by atoms with Gasteiger partial charge in [0.2, 0.25) is 0 Å². The molecule has 0 spiro atoms. The summed E-state index contributed by atoms with van der Waals surface area (Å²) in [6.45, 7) is 17.1. The molecule has 0 radical (unpaired) electrons. The summed E-state index contributed by atoms with van der Waals surface area (Å²) < 4.78 is 0. The maximum Gasteiger partial charge on any atom is 0 e. The Morgan fingerprint density at radius 2 is 0.774 bits per heavy atom. The number of hydrogen-bond donors (Lipinski definition) is 0. The predicted molar refractivity (Wildman–Crippen MR) is 141 cm³/mol. The van der Waals surface area contributed by atoms with Crippen LogP contribution in [0.15, 0.2) is 34.1 Å². The van der Waals surface area contributed by atoms with Crippen molar-refractivity contribution in [3.05, 3.63) is 78.6 Å². The van der Waals surface area contributed by atoms with E-state index in [1.54, 1.807) is 0 Å². The van der Waals surface area contributed by atoms with Gasteiger partial charge in [-0.05, 0) is 83.0 Å². The zero-order valence-corrected chi connectivity index (χ0v) is 23.5. The summed E-state index contributed by atoms with van der Waals surface area (Å²) >= 11 is 21.8. The van der Waals surface area contributed by atoms with Crippen LogP contribution in [0.2, 0.25) is 0 Å². The molecule has 2 aromatic rings. The average Bonchev–Trinajstić information content (AvgIpc) is 2.97. The third-order valence-corrected chi connectivity index (χ3v) is 9.00. The molecule has 2 aliphatic rings. The molecule has 2 aromatic carbocycles. The topological polar surface area (TPSA) is 0 Å². The van der Waals surface area contributed by atoms with Gasteiger partial charge in [0.1, 0.15) is 0 Å². The number of allylic oxidation sites excluding steroid dienone is 2. The molecule has 0 atom stereocenters. The van der Waals surface area contributed by atoms with E-state index in [1.165, 1.54) is 44.5 Å². The third-order valence-electron chi connectivity index (χ3n) is 6.50. The van der Waals surface area contributed by atoms with E-state index in [1.807, 2.05) is 0 Å². The van der Waals surface area contributed by atoms with Crippen LogP contribution in [0, 0.1) is 27.7 Å². The van der Waals surface area contributed by atoms with Gasteiger partial charge in [-0.25, -0.2) is 9.81 Å². The van der Waals surface area contributed by atoms with Crippen LogP contribution in [0.5, 0.6) is 0 Å². The largest absolute Gasteiger partial charge is 0.784 e.